The van der Waals surface area contributed by atoms with Gasteiger partial charge in [-0.1, -0.05) is 0 Å². The van der Waals surface area contributed by atoms with Crippen LogP contribution in [0, 0.1) is 0 Å². The van der Waals surface area contributed by atoms with Crippen molar-refractivity contribution in [3.8, 4) is 5.88 Å². The number of aliphatic carboxylic acids is 1. The summed E-state index contributed by atoms with van der Waals surface area (Å²) >= 11 is 0. The first kappa shape index (κ1) is 10.6. The molecule has 0 fully saturated rings. The largest absolute Gasteiger partial charge is 0.550 e. The van der Waals surface area contributed by atoms with Crippen LogP contribution in [0.2, 0.25) is 0 Å². The van der Waals surface area contributed by atoms with Gasteiger partial charge in [-0.25, -0.2) is 0 Å². The molecule has 0 saturated heterocycles. The number of carbonyl (C=O) groups is 1. The number of aromatic nitrogens is 1. The lowest BCUT2D eigenvalue weighted by Gasteiger charge is -2.03. The van der Waals surface area contributed by atoms with Gasteiger partial charge in [0.25, 0.3) is 5.88 Å². The Balaban J connectivity index is 2.46. The highest BCUT2D eigenvalue weighted by molar-refractivity contribution is 5.64. The normalized spacial score (nSPS) is 10.5. The zero-order valence-electron chi connectivity index (χ0n) is 8.15. The van der Waals surface area contributed by atoms with Gasteiger partial charge in [-0.3, -0.25) is 0 Å². The van der Waals surface area contributed by atoms with Crippen LogP contribution < -0.4 is 9.84 Å². The SMILES string of the molecule is CC(C)Oc1cc(CCC(=O)[O-])on1. The Hall–Kier alpha value is -1.52. The molecule has 5 heteroatoms. The van der Waals surface area contributed by atoms with Crippen LogP contribution >= 0.6 is 0 Å². The van der Waals surface area contributed by atoms with Crippen LogP contribution in [-0.2, 0) is 11.2 Å². The fourth-order valence-electron chi connectivity index (χ4n) is 0.934. The molecule has 1 heterocycles. The molecule has 14 heavy (non-hydrogen) atoms. The highest BCUT2D eigenvalue weighted by Crippen LogP contribution is 2.13. The van der Waals surface area contributed by atoms with Gasteiger partial charge in [0.1, 0.15) is 5.76 Å². The Morgan fingerprint density at radius 2 is 2.43 bits per heavy atom. The molecule has 0 radical (unpaired) electrons. The molecule has 1 rings (SSSR count). The summed E-state index contributed by atoms with van der Waals surface area (Å²) in [6, 6.07) is 1.59. The molecule has 5 nitrogen and oxygen atoms in total. The minimum Gasteiger partial charge on any atom is -0.550 e. The van der Waals surface area contributed by atoms with Crippen molar-refractivity contribution in [3.63, 3.8) is 0 Å². The van der Waals surface area contributed by atoms with Crippen LogP contribution in [0.25, 0.3) is 0 Å². The topological polar surface area (TPSA) is 75.4 Å². The van der Waals surface area contributed by atoms with Crippen LogP contribution in [0.4, 0.5) is 0 Å². The van der Waals surface area contributed by atoms with Crippen LogP contribution in [-0.4, -0.2) is 17.2 Å². The molecular weight excluding hydrogens is 186 g/mol. The molecule has 0 unspecified atom stereocenters. The van der Waals surface area contributed by atoms with Crippen LogP contribution in [0.1, 0.15) is 26.0 Å². The highest BCUT2D eigenvalue weighted by atomic mass is 16.5. The number of ether oxygens (including phenoxy) is 1. The molecule has 0 saturated carbocycles. The Labute approximate surface area is 81.7 Å². The number of carboxylic acids is 1. The summed E-state index contributed by atoms with van der Waals surface area (Å²) < 4.78 is 10.1. The van der Waals surface area contributed by atoms with Crippen LogP contribution in [0.3, 0.4) is 0 Å². The average molecular weight is 198 g/mol. The Kier molecular flexibility index (Phi) is 3.50. The van der Waals surface area contributed by atoms with Gasteiger partial charge in [0.2, 0.25) is 0 Å². The maximum absolute atomic E-state index is 10.2. The number of rotatable bonds is 5. The lowest BCUT2D eigenvalue weighted by molar-refractivity contribution is -0.305. The number of hydrogen-bond donors (Lipinski definition) is 0. The van der Waals surface area contributed by atoms with E-state index >= 15 is 0 Å². The second-order valence-corrected chi connectivity index (χ2v) is 3.17. The van der Waals surface area contributed by atoms with Gasteiger partial charge in [0.15, 0.2) is 0 Å². The fourth-order valence-corrected chi connectivity index (χ4v) is 0.934. The van der Waals surface area contributed by atoms with Crippen LogP contribution in [0.15, 0.2) is 10.6 Å². The molecule has 0 N–H and O–H groups in total. The quantitative estimate of drug-likeness (QED) is 0.672. The predicted octanol–water partition coefficient (Wildman–Crippen LogP) is 0.144. The van der Waals surface area contributed by atoms with E-state index in [-0.39, 0.29) is 18.9 Å². The third-order valence-electron chi connectivity index (χ3n) is 1.47. The first-order valence-electron chi connectivity index (χ1n) is 4.40. The van der Waals surface area contributed by atoms with E-state index in [1.807, 2.05) is 13.8 Å². The third kappa shape index (κ3) is 3.47. The van der Waals surface area contributed by atoms with Crippen molar-refractivity contribution in [1.29, 1.82) is 0 Å². The summed E-state index contributed by atoms with van der Waals surface area (Å²) in [7, 11) is 0. The van der Waals surface area contributed by atoms with Gasteiger partial charge in [-0.05, 0) is 25.4 Å². The van der Waals surface area contributed by atoms with E-state index in [0.29, 0.717) is 11.6 Å². The van der Waals surface area contributed by atoms with Crippen molar-refractivity contribution in [3.05, 3.63) is 11.8 Å². The van der Waals surface area contributed by atoms with E-state index in [4.69, 9.17) is 9.26 Å². The minimum absolute atomic E-state index is 0.0223. The molecule has 0 spiro atoms. The lowest BCUT2D eigenvalue weighted by atomic mass is 10.2. The van der Waals surface area contributed by atoms with E-state index in [0.717, 1.165) is 0 Å². The molecular formula is C9H12NO4-. The Morgan fingerprint density at radius 3 is 3.00 bits per heavy atom. The molecule has 0 aromatic carbocycles. The van der Waals surface area contributed by atoms with E-state index in [9.17, 15) is 9.90 Å². The van der Waals surface area contributed by atoms with Gasteiger partial charge in [-0.15, -0.1) is 0 Å². The Bertz CT molecular complexity index is 306. The number of carboxylic acid groups (broad SMARTS) is 1. The van der Waals surface area contributed by atoms with Gasteiger partial charge in [0, 0.05) is 18.5 Å². The average Bonchev–Trinajstić information content (AvgIpc) is 2.47. The zero-order chi connectivity index (χ0) is 10.6. The molecule has 78 valence electrons. The highest BCUT2D eigenvalue weighted by Gasteiger charge is 2.06. The molecule has 0 aliphatic heterocycles. The molecule has 0 atom stereocenters. The minimum atomic E-state index is -1.10. The lowest BCUT2D eigenvalue weighted by Crippen LogP contribution is -2.22. The Morgan fingerprint density at radius 1 is 1.71 bits per heavy atom. The van der Waals surface area contributed by atoms with Gasteiger partial charge in [0.05, 0.1) is 6.10 Å². The van der Waals surface area contributed by atoms with Crippen LogP contribution in [0.5, 0.6) is 5.88 Å². The van der Waals surface area contributed by atoms with E-state index in [1.165, 1.54) is 0 Å². The van der Waals surface area contributed by atoms with Crippen molar-refractivity contribution in [2.75, 3.05) is 0 Å². The van der Waals surface area contributed by atoms with Crippen molar-refractivity contribution in [1.82, 2.24) is 5.16 Å². The summed E-state index contributed by atoms with van der Waals surface area (Å²) in [4.78, 5) is 10.2. The maximum Gasteiger partial charge on any atom is 0.254 e. The summed E-state index contributed by atoms with van der Waals surface area (Å²) in [5.74, 6) is -0.231. The fraction of sp³-hybridized carbons (Fsp3) is 0.556. The standard InChI is InChI=1S/C9H13NO4/c1-6(2)13-8-5-7(14-10-8)3-4-9(11)12/h5-6H,3-4H2,1-2H3,(H,11,12)/p-1. The smallest absolute Gasteiger partial charge is 0.254 e. The summed E-state index contributed by atoms with van der Waals surface area (Å²) in [6.45, 7) is 3.74. The summed E-state index contributed by atoms with van der Waals surface area (Å²) in [6.07, 6.45) is 0.224. The molecule has 0 aliphatic rings. The first-order chi connectivity index (χ1) is 6.58. The number of nitrogens with zero attached hydrogens (tertiary/aromatic N) is 1. The predicted molar refractivity (Wildman–Crippen MR) is 45.6 cm³/mol. The van der Waals surface area contributed by atoms with Crippen molar-refractivity contribution >= 4 is 5.97 Å². The zero-order valence-corrected chi connectivity index (χ0v) is 8.15. The molecule has 1 aromatic heterocycles. The second kappa shape index (κ2) is 4.64. The van der Waals surface area contributed by atoms with Gasteiger partial charge < -0.3 is 19.2 Å². The monoisotopic (exact) mass is 198 g/mol. The maximum atomic E-state index is 10.2. The van der Waals surface area contributed by atoms with Crippen molar-refractivity contribution in [2.24, 2.45) is 0 Å². The van der Waals surface area contributed by atoms with E-state index < -0.39 is 5.97 Å². The molecule has 0 bridgehead atoms. The van der Waals surface area contributed by atoms with Crippen molar-refractivity contribution in [2.45, 2.75) is 32.8 Å². The first-order valence-corrected chi connectivity index (χ1v) is 4.40. The van der Waals surface area contributed by atoms with Gasteiger partial charge >= 0.3 is 0 Å². The molecule has 0 aliphatic carbocycles. The second-order valence-electron chi connectivity index (χ2n) is 3.17. The molecule has 1 aromatic rings. The number of carbonyl (C=O) groups excluding carboxylic acids is 1. The number of aryl methyl sites for hydroxylation is 1. The summed E-state index contributed by atoms with van der Waals surface area (Å²) in [5.41, 5.74) is 0. The van der Waals surface area contributed by atoms with E-state index in [1.54, 1.807) is 6.07 Å². The molecule has 0 amide bonds. The van der Waals surface area contributed by atoms with E-state index in [2.05, 4.69) is 5.16 Å². The summed E-state index contributed by atoms with van der Waals surface area (Å²) in [5, 5.41) is 13.8. The van der Waals surface area contributed by atoms with Gasteiger partial charge in [-0.2, -0.15) is 0 Å². The third-order valence-corrected chi connectivity index (χ3v) is 1.47. The van der Waals surface area contributed by atoms with Crippen molar-refractivity contribution < 1.29 is 19.2 Å². The number of hydrogen-bond acceptors (Lipinski definition) is 5.